The van der Waals surface area contributed by atoms with E-state index in [0.717, 1.165) is 37.0 Å². The van der Waals surface area contributed by atoms with Gasteiger partial charge in [-0.1, -0.05) is 37.5 Å². The Kier molecular flexibility index (Phi) is 8.13. The fraction of sp³-hybridized carbons (Fsp3) is 0.682. The topological polar surface area (TPSA) is 70.2 Å². The third-order valence-corrected chi connectivity index (χ3v) is 8.30. The lowest BCUT2D eigenvalue weighted by molar-refractivity contribution is -0.132. The number of aryl methyl sites for hydroxylation is 1. The summed E-state index contributed by atoms with van der Waals surface area (Å²) < 4.78 is 34.8. The number of piperazine rings is 1. The van der Waals surface area contributed by atoms with E-state index in [1.165, 1.54) is 10.7 Å². The Morgan fingerprint density at radius 2 is 1.77 bits per heavy atom. The van der Waals surface area contributed by atoms with Gasteiger partial charge in [0.1, 0.15) is 5.75 Å². The van der Waals surface area contributed by atoms with Crippen LogP contribution in [-0.2, 0) is 15.0 Å². The van der Waals surface area contributed by atoms with Crippen LogP contribution in [0.3, 0.4) is 0 Å². The second-order valence-electron chi connectivity index (χ2n) is 8.31. The molecule has 3 rings (SSSR count). The van der Waals surface area contributed by atoms with Crippen LogP contribution in [0.2, 0.25) is 0 Å². The third-order valence-electron chi connectivity index (χ3n) is 6.26. The number of carbonyl (C=O) groups is 1. The first-order valence-corrected chi connectivity index (χ1v) is 12.5. The summed E-state index contributed by atoms with van der Waals surface area (Å²) in [4.78, 5) is 14.3. The molecule has 2 aliphatic rings. The van der Waals surface area contributed by atoms with Crippen LogP contribution in [0.5, 0.6) is 5.75 Å². The molecular weight excluding hydrogens is 402 g/mol. The highest BCUT2D eigenvalue weighted by Crippen LogP contribution is 2.25. The van der Waals surface area contributed by atoms with Crippen LogP contribution in [0.4, 0.5) is 0 Å². The Hall–Kier alpha value is -1.64. The number of benzene rings is 1. The van der Waals surface area contributed by atoms with E-state index >= 15 is 0 Å². The van der Waals surface area contributed by atoms with Gasteiger partial charge in [0, 0.05) is 45.7 Å². The average molecular weight is 438 g/mol. The van der Waals surface area contributed by atoms with Crippen molar-refractivity contribution in [1.82, 2.24) is 13.5 Å². The molecule has 1 heterocycles. The lowest BCUT2D eigenvalue weighted by Crippen LogP contribution is -2.55. The molecule has 1 aliphatic heterocycles. The van der Waals surface area contributed by atoms with E-state index in [0.29, 0.717) is 45.6 Å². The van der Waals surface area contributed by atoms with E-state index in [1.807, 2.05) is 31.2 Å². The van der Waals surface area contributed by atoms with Crippen molar-refractivity contribution >= 4 is 16.1 Å². The van der Waals surface area contributed by atoms with Crippen LogP contribution in [0, 0.1) is 6.92 Å². The number of ether oxygens (including phenoxy) is 1. The predicted molar refractivity (Wildman–Crippen MR) is 118 cm³/mol. The monoisotopic (exact) mass is 437 g/mol. The van der Waals surface area contributed by atoms with Gasteiger partial charge in [0.2, 0.25) is 5.91 Å². The van der Waals surface area contributed by atoms with Crippen molar-refractivity contribution in [2.75, 3.05) is 39.8 Å². The number of hydrogen-bond acceptors (Lipinski definition) is 4. The molecule has 1 saturated heterocycles. The summed E-state index contributed by atoms with van der Waals surface area (Å²) in [6, 6.07) is 7.95. The van der Waals surface area contributed by atoms with Crippen LogP contribution in [0.15, 0.2) is 24.3 Å². The molecule has 1 aromatic rings. The molecule has 30 heavy (non-hydrogen) atoms. The average Bonchev–Trinajstić information content (AvgIpc) is 2.77. The first-order valence-electron chi connectivity index (χ1n) is 11.1. The smallest absolute Gasteiger partial charge is 0.282 e. The van der Waals surface area contributed by atoms with Crippen LogP contribution < -0.4 is 4.74 Å². The van der Waals surface area contributed by atoms with Gasteiger partial charge < -0.3 is 9.64 Å². The zero-order valence-electron chi connectivity index (χ0n) is 18.3. The minimum atomic E-state index is -3.46. The molecule has 0 unspecified atom stereocenters. The quantitative estimate of drug-likeness (QED) is 0.587. The summed E-state index contributed by atoms with van der Waals surface area (Å²) in [6.07, 6.45) is 6.34. The molecule has 2 fully saturated rings. The van der Waals surface area contributed by atoms with Crippen molar-refractivity contribution in [3.63, 3.8) is 0 Å². The Morgan fingerprint density at radius 1 is 1.10 bits per heavy atom. The van der Waals surface area contributed by atoms with Gasteiger partial charge in [0.05, 0.1) is 6.61 Å². The van der Waals surface area contributed by atoms with E-state index in [9.17, 15) is 13.2 Å². The van der Waals surface area contributed by atoms with Gasteiger partial charge in [-0.15, -0.1) is 0 Å². The number of hydrogen-bond donors (Lipinski definition) is 0. The molecule has 0 radical (unpaired) electrons. The summed E-state index contributed by atoms with van der Waals surface area (Å²) in [5.41, 5.74) is 1.08. The van der Waals surface area contributed by atoms with Gasteiger partial charge in [0.25, 0.3) is 10.2 Å². The van der Waals surface area contributed by atoms with Crippen LogP contribution >= 0.6 is 0 Å². The lowest BCUT2D eigenvalue weighted by Gasteiger charge is -2.38. The SMILES string of the molecule is Cc1ccccc1OCCCC(=O)N1CCN(S(=O)(=O)N(C)C2CCCCC2)CC1. The van der Waals surface area contributed by atoms with E-state index in [1.54, 1.807) is 16.3 Å². The predicted octanol–water partition coefficient (Wildman–Crippen LogP) is 2.81. The maximum absolute atomic E-state index is 13.0. The molecule has 7 nitrogen and oxygen atoms in total. The molecular formula is C22H35N3O4S. The van der Waals surface area contributed by atoms with Gasteiger partial charge in [-0.2, -0.15) is 17.0 Å². The Labute approximate surface area is 181 Å². The number of nitrogens with zero attached hydrogens (tertiary/aromatic N) is 3. The fourth-order valence-corrected chi connectivity index (χ4v) is 5.84. The normalized spacial score (nSPS) is 19.2. The maximum Gasteiger partial charge on any atom is 0.282 e. The number of carbonyl (C=O) groups excluding carboxylic acids is 1. The molecule has 1 amide bonds. The largest absolute Gasteiger partial charge is 0.493 e. The summed E-state index contributed by atoms with van der Waals surface area (Å²) >= 11 is 0. The molecule has 0 bridgehead atoms. The Balaban J connectivity index is 1.41. The van der Waals surface area contributed by atoms with Crippen molar-refractivity contribution in [2.45, 2.75) is 57.9 Å². The second-order valence-corrected chi connectivity index (χ2v) is 10.3. The first kappa shape index (κ1) is 23.0. The first-order chi connectivity index (χ1) is 14.4. The minimum Gasteiger partial charge on any atom is -0.493 e. The van der Waals surface area contributed by atoms with Crippen LogP contribution in [0.1, 0.15) is 50.5 Å². The molecule has 8 heteroatoms. The molecule has 0 N–H and O–H groups in total. The molecule has 1 aliphatic carbocycles. The number of rotatable bonds is 8. The highest BCUT2D eigenvalue weighted by atomic mass is 32.2. The van der Waals surface area contributed by atoms with Crippen LogP contribution in [0.25, 0.3) is 0 Å². The third kappa shape index (κ3) is 5.74. The van der Waals surface area contributed by atoms with E-state index in [2.05, 4.69) is 0 Å². The van der Waals surface area contributed by atoms with Crippen molar-refractivity contribution in [2.24, 2.45) is 0 Å². The van der Waals surface area contributed by atoms with Gasteiger partial charge in [-0.25, -0.2) is 0 Å². The van der Waals surface area contributed by atoms with Crippen molar-refractivity contribution in [3.8, 4) is 5.75 Å². The fourth-order valence-electron chi connectivity index (χ4n) is 4.27. The van der Waals surface area contributed by atoms with Crippen molar-refractivity contribution < 1.29 is 17.9 Å². The molecule has 0 spiro atoms. The van der Waals surface area contributed by atoms with Crippen LogP contribution in [-0.4, -0.2) is 73.7 Å². The lowest BCUT2D eigenvalue weighted by atomic mass is 9.96. The molecule has 0 atom stereocenters. The Bertz CT molecular complexity index is 800. The van der Waals surface area contributed by atoms with E-state index < -0.39 is 10.2 Å². The number of para-hydroxylation sites is 1. The minimum absolute atomic E-state index is 0.0704. The van der Waals surface area contributed by atoms with Crippen molar-refractivity contribution in [3.05, 3.63) is 29.8 Å². The summed E-state index contributed by atoms with van der Waals surface area (Å²) in [5, 5.41) is 0. The van der Waals surface area contributed by atoms with Gasteiger partial charge in [0.15, 0.2) is 0 Å². The van der Waals surface area contributed by atoms with Gasteiger partial charge in [-0.3, -0.25) is 4.79 Å². The summed E-state index contributed by atoms with van der Waals surface area (Å²) in [5.74, 6) is 0.923. The highest BCUT2D eigenvalue weighted by molar-refractivity contribution is 7.86. The molecule has 1 saturated carbocycles. The van der Waals surface area contributed by atoms with E-state index in [-0.39, 0.29) is 11.9 Å². The number of amides is 1. The zero-order valence-corrected chi connectivity index (χ0v) is 19.1. The Morgan fingerprint density at radius 3 is 2.43 bits per heavy atom. The summed E-state index contributed by atoms with van der Waals surface area (Å²) in [6.45, 7) is 4.14. The maximum atomic E-state index is 13.0. The molecule has 0 aromatic heterocycles. The second kappa shape index (κ2) is 10.6. The highest BCUT2D eigenvalue weighted by Gasteiger charge is 2.35. The van der Waals surface area contributed by atoms with Gasteiger partial charge in [-0.05, 0) is 37.8 Å². The molecule has 168 valence electrons. The summed E-state index contributed by atoms with van der Waals surface area (Å²) in [7, 11) is -1.75. The zero-order chi connectivity index (χ0) is 21.6. The van der Waals surface area contributed by atoms with Crippen molar-refractivity contribution in [1.29, 1.82) is 0 Å². The van der Waals surface area contributed by atoms with Gasteiger partial charge >= 0.3 is 0 Å². The molecule has 1 aromatic carbocycles. The van der Waals surface area contributed by atoms with E-state index in [4.69, 9.17) is 4.74 Å². The standard InChI is InChI=1S/C22H35N3O4S/c1-19-9-6-7-12-21(19)29-18-8-13-22(26)24-14-16-25(17-15-24)30(27,28)23(2)20-10-4-3-5-11-20/h6-7,9,12,20H,3-5,8,10-11,13-18H2,1-2H3.